The summed E-state index contributed by atoms with van der Waals surface area (Å²) in [6.45, 7) is 2.95. The van der Waals surface area contributed by atoms with E-state index in [9.17, 15) is 30.7 Å². The normalized spacial score (nSPS) is 23.0. The van der Waals surface area contributed by atoms with Gasteiger partial charge in [-0.15, -0.1) is 13.2 Å². The minimum atomic E-state index is -5.36. The van der Waals surface area contributed by atoms with Crippen molar-refractivity contribution in [3.8, 4) is 22.6 Å². The van der Waals surface area contributed by atoms with Crippen LogP contribution in [0.5, 0.6) is 11.5 Å². The molecule has 0 unspecified atom stereocenters. The van der Waals surface area contributed by atoms with E-state index in [1.165, 1.54) is 6.07 Å². The summed E-state index contributed by atoms with van der Waals surface area (Å²) in [4.78, 5) is 0. The van der Waals surface area contributed by atoms with Crippen molar-refractivity contribution in [2.75, 3.05) is 13.2 Å². The summed E-state index contributed by atoms with van der Waals surface area (Å²) in [6.07, 6.45) is -9.24. The largest absolute Gasteiger partial charge is 0.573 e. The second-order valence-electron chi connectivity index (χ2n) is 11.1. The Balaban J connectivity index is 1.21. The average molecular weight is 635 g/mol. The molecule has 1 aliphatic carbocycles. The Bertz CT molecular complexity index is 1450. The van der Waals surface area contributed by atoms with Gasteiger partial charge in [0.2, 0.25) is 5.75 Å². The van der Waals surface area contributed by atoms with E-state index >= 15 is 8.78 Å². The van der Waals surface area contributed by atoms with E-state index in [1.54, 1.807) is 12.1 Å². The van der Waals surface area contributed by atoms with Crippen LogP contribution in [0.4, 0.5) is 39.5 Å². The molecular weight excluding hydrogens is 607 g/mol. The van der Waals surface area contributed by atoms with E-state index in [-0.39, 0.29) is 37.5 Å². The van der Waals surface area contributed by atoms with E-state index in [4.69, 9.17) is 14.2 Å². The number of hydrogen-bond donors (Lipinski definition) is 0. The third kappa shape index (κ3) is 7.26. The molecule has 1 heterocycles. The average Bonchev–Trinajstić information content (AvgIpc) is 2.95. The highest BCUT2D eigenvalue weighted by atomic mass is 19.4. The number of ether oxygens (including phenoxy) is 4. The molecule has 0 amide bonds. The van der Waals surface area contributed by atoms with Crippen molar-refractivity contribution >= 4 is 0 Å². The van der Waals surface area contributed by atoms with Crippen molar-refractivity contribution < 1.29 is 58.5 Å². The lowest BCUT2D eigenvalue weighted by Gasteiger charge is -2.34. The van der Waals surface area contributed by atoms with Crippen LogP contribution in [0.25, 0.3) is 11.1 Å². The van der Waals surface area contributed by atoms with Gasteiger partial charge in [-0.05, 0) is 73.1 Å². The smallest absolute Gasteiger partial charge is 0.432 e. The minimum Gasteiger partial charge on any atom is -0.432 e. The Morgan fingerprint density at radius 1 is 0.705 bits per heavy atom. The molecule has 44 heavy (non-hydrogen) atoms. The molecule has 13 heteroatoms. The lowest BCUT2D eigenvalue weighted by Crippen LogP contribution is -2.37. The highest BCUT2D eigenvalue weighted by Crippen LogP contribution is 2.44. The maximum atomic E-state index is 15.1. The monoisotopic (exact) mass is 634 g/mol. The third-order valence-corrected chi connectivity index (χ3v) is 7.72. The van der Waals surface area contributed by atoms with Gasteiger partial charge in [0, 0.05) is 23.1 Å². The van der Waals surface area contributed by atoms with Crippen LogP contribution >= 0.6 is 0 Å². The van der Waals surface area contributed by atoms with Gasteiger partial charge in [-0.3, -0.25) is 0 Å². The van der Waals surface area contributed by atoms with E-state index in [0.29, 0.717) is 42.5 Å². The van der Waals surface area contributed by atoms with Gasteiger partial charge in [0.15, 0.2) is 17.9 Å². The van der Waals surface area contributed by atoms with Crippen molar-refractivity contribution in [3.05, 3.63) is 82.9 Å². The summed E-state index contributed by atoms with van der Waals surface area (Å²) in [6, 6.07) is 7.95. The quantitative estimate of drug-likeness (QED) is 0.243. The van der Waals surface area contributed by atoms with Gasteiger partial charge < -0.3 is 18.9 Å². The summed E-state index contributed by atoms with van der Waals surface area (Å²) in [5.41, 5.74) is -0.0176. The van der Waals surface area contributed by atoms with Crippen molar-refractivity contribution in [2.45, 2.75) is 57.3 Å². The molecule has 4 nitrogen and oxygen atoms in total. The van der Waals surface area contributed by atoms with Gasteiger partial charge in [-0.1, -0.05) is 19.1 Å². The van der Waals surface area contributed by atoms with Gasteiger partial charge in [-0.25, -0.2) is 17.6 Å². The van der Waals surface area contributed by atoms with Crippen molar-refractivity contribution in [3.63, 3.8) is 0 Å². The zero-order valence-corrected chi connectivity index (χ0v) is 23.2. The first-order valence-corrected chi connectivity index (χ1v) is 13.8. The fourth-order valence-corrected chi connectivity index (χ4v) is 5.52. The van der Waals surface area contributed by atoms with Crippen LogP contribution in [0.15, 0.2) is 48.5 Å². The predicted octanol–water partition coefficient (Wildman–Crippen LogP) is 9.44. The number of hydrogen-bond acceptors (Lipinski definition) is 4. The summed E-state index contributed by atoms with van der Waals surface area (Å²) >= 11 is 0. The molecule has 3 aromatic carbocycles. The lowest BCUT2D eigenvalue weighted by atomic mass is 9.78. The fraction of sp³-hybridized carbons (Fsp3) is 0.419. The number of alkyl halides is 5. The Morgan fingerprint density at radius 2 is 1.34 bits per heavy atom. The highest BCUT2D eigenvalue weighted by molar-refractivity contribution is 5.66. The summed E-state index contributed by atoms with van der Waals surface area (Å²) in [5.74, 6) is -8.75. The predicted molar refractivity (Wildman–Crippen MR) is 139 cm³/mol. The molecule has 2 fully saturated rings. The Morgan fingerprint density at radius 3 is 1.91 bits per heavy atom. The molecule has 0 radical (unpaired) electrons. The maximum Gasteiger partial charge on any atom is 0.573 e. The molecule has 0 bridgehead atoms. The number of rotatable bonds is 7. The highest BCUT2D eigenvalue weighted by Gasteiger charge is 2.44. The third-order valence-electron chi connectivity index (χ3n) is 7.72. The standard InChI is InChI=1S/C31H27F9O4/c1-16-14-41-29(42-15-16)18-4-8-22(24(32)10-18)17-2-5-20(6-3-17)30(36,37)43-21-7-9-23(25(33)13-21)19-11-26(34)28(27(35)12-19)44-31(38,39)40/h4,7-13,16-17,20,29H,2-3,5-6,14-15H2,1H3. The first-order valence-electron chi connectivity index (χ1n) is 13.8. The summed E-state index contributed by atoms with van der Waals surface area (Å²) < 4.78 is 145. The molecular formula is C31H27F9O4. The lowest BCUT2D eigenvalue weighted by molar-refractivity contribution is -0.276. The van der Waals surface area contributed by atoms with Crippen LogP contribution in [0.3, 0.4) is 0 Å². The maximum absolute atomic E-state index is 15.1. The molecule has 0 atom stereocenters. The molecule has 0 N–H and O–H groups in total. The first kappa shape index (κ1) is 32.0. The van der Waals surface area contributed by atoms with Crippen LogP contribution in [0.2, 0.25) is 0 Å². The number of benzene rings is 3. The summed E-state index contributed by atoms with van der Waals surface area (Å²) in [5, 5.41) is 0. The van der Waals surface area contributed by atoms with Crippen molar-refractivity contribution in [2.24, 2.45) is 11.8 Å². The van der Waals surface area contributed by atoms with Crippen molar-refractivity contribution in [1.29, 1.82) is 0 Å². The number of halogens is 9. The van der Waals surface area contributed by atoms with Gasteiger partial charge in [0.05, 0.1) is 19.1 Å². The Hall–Kier alpha value is -3.45. The molecule has 238 valence electrons. The van der Waals surface area contributed by atoms with Crippen molar-refractivity contribution in [1.82, 2.24) is 0 Å². The van der Waals surface area contributed by atoms with Gasteiger partial charge >= 0.3 is 12.5 Å². The summed E-state index contributed by atoms with van der Waals surface area (Å²) in [7, 11) is 0. The van der Waals surface area contributed by atoms with Crippen LogP contribution in [0.1, 0.15) is 55.9 Å². The van der Waals surface area contributed by atoms with Crippen LogP contribution in [-0.2, 0) is 9.47 Å². The van der Waals surface area contributed by atoms with E-state index in [2.05, 4.69) is 4.74 Å². The molecule has 1 saturated heterocycles. The van der Waals surface area contributed by atoms with Crippen LogP contribution in [-0.4, -0.2) is 25.7 Å². The molecule has 0 spiro atoms. The minimum absolute atomic E-state index is 0.00292. The topological polar surface area (TPSA) is 36.9 Å². The Kier molecular flexibility index (Phi) is 9.08. The zero-order chi connectivity index (χ0) is 31.8. The van der Waals surface area contributed by atoms with Gasteiger partial charge in [0.1, 0.15) is 17.4 Å². The van der Waals surface area contributed by atoms with Crippen LogP contribution < -0.4 is 9.47 Å². The molecule has 1 saturated carbocycles. The second kappa shape index (κ2) is 12.5. The van der Waals surface area contributed by atoms with E-state index in [1.807, 2.05) is 6.92 Å². The van der Waals surface area contributed by atoms with Gasteiger partial charge in [0.25, 0.3) is 0 Å². The van der Waals surface area contributed by atoms with Crippen LogP contribution in [0, 0.1) is 35.1 Å². The Labute approximate surface area is 246 Å². The molecule has 2 aliphatic rings. The fourth-order valence-electron chi connectivity index (χ4n) is 5.52. The molecule has 1 aliphatic heterocycles. The van der Waals surface area contributed by atoms with E-state index < -0.39 is 70.6 Å². The molecule has 3 aromatic rings. The first-order chi connectivity index (χ1) is 20.7. The molecule has 0 aromatic heterocycles. The SMILES string of the molecule is CC1COC(c2ccc(C3CCC(C(F)(F)Oc4ccc(-c5cc(F)c(OC(F)(F)F)c(F)c5)c(F)c4)CC3)c(F)c2)OC1. The van der Waals surface area contributed by atoms with E-state index in [0.717, 1.165) is 12.1 Å². The zero-order valence-electron chi connectivity index (χ0n) is 23.2. The van der Waals surface area contributed by atoms with Gasteiger partial charge in [-0.2, -0.15) is 8.78 Å². The second-order valence-corrected chi connectivity index (χ2v) is 11.1. The molecule has 5 rings (SSSR count).